The topological polar surface area (TPSA) is 59.0 Å². The molecule has 6 nitrogen and oxygen atoms in total. The number of nitrogens with zero attached hydrogens (tertiary/aromatic N) is 4. The number of fused-ring (bicyclic) bond motifs is 1. The second kappa shape index (κ2) is 7.12. The molecule has 0 saturated heterocycles. The van der Waals surface area contributed by atoms with E-state index in [1.165, 1.54) is 0 Å². The quantitative estimate of drug-likeness (QED) is 0.722. The van der Waals surface area contributed by atoms with Crippen molar-refractivity contribution in [2.45, 2.75) is 19.6 Å². The summed E-state index contributed by atoms with van der Waals surface area (Å²) in [5, 5.41) is 0.709. The standard InChI is InChI=1S/C16H20ClN5O/c1-21(11-16-18-5-6-22(16)7-8-23-2)10-15-19-13-4-3-12(17)9-14(13)20-15/h3-6,9H,7-8,10-11H2,1-2H3,(H,19,20). The normalized spacial score (nSPS) is 11.7. The first-order chi connectivity index (χ1) is 11.2. The molecule has 1 N–H and O–H groups in total. The Morgan fingerprint density at radius 3 is 3.04 bits per heavy atom. The van der Waals surface area contributed by atoms with Gasteiger partial charge in [-0.15, -0.1) is 0 Å². The maximum absolute atomic E-state index is 6.01. The van der Waals surface area contributed by atoms with Crippen LogP contribution in [0.4, 0.5) is 0 Å². The average Bonchev–Trinajstić information content (AvgIpc) is 3.10. The summed E-state index contributed by atoms with van der Waals surface area (Å²) in [6.45, 7) is 2.94. The van der Waals surface area contributed by atoms with Gasteiger partial charge in [0.05, 0.1) is 30.7 Å². The van der Waals surface area contributed by atoms with E-state index in [2.05, 4.69) is 31.5 Å². The van der Waals surface area contributed by atoms with Crippen LogP contribution >= 0.6 is 11.6 Å². The minimum Gasteiger partial charge on any atom is -0.383 e. The number of aromatic nitrogens is 4. The van der Waals surface area contributed by atoms with Crippen molar-refractivity contribution in [3.05, 3.63) is 47.3 Å². The lowest BCUT2D eigenvalue weighted by Crippen LogP contribution is -2.21. The lowest BCUT2D eigenvalue weighted by molar-refractivity contribution is 0.184. The molecule has 0 aliphatic carbocycles. The predicted molar refractivity (Wildman–Crippen MR) is 90.4 cm³/mol. The van der Waals surface area contributed by atoms with Crippen LogP contribution in [0.1, 0.15) is 11.6 Å². The third kappa shape index (κ3) is 3.90. The average molecular weight is 334 g/mol. The van der Waals surface area contributed by atoms with Crippen molar-refractivity contribution in [1.29, 1.82) is 0 Å². The molecule has 0 spiro atoms. The van der Waals surface area contributed by atoms with E-state index in [0.717, 1.165) is 35.8 Å². The zero-order chi connectivity index (χ0) is 16.2. The maximum atomic E-state index is 6.01. The molecule has 3 rings (SSSR count). The first-order valence-corrected chi connectivity index (χ1v) is 7.85. The van der Waals surface area contributed by atoms with Crippen molar-refractivity contribution < 1.29 is 4.74 Å². The first-order valence-electron chi connectivity index (χ1n) is 7.47. The number of benzene rings is 1. The van der Waals surface area contributed by atoms with E-state index in [4.69, 9.17) is 16.3 Å². The molecular weight excluding hydrogens is 314 g/mol. The molecule has 3 aromatic rings. The second-order valence-electron chi connectivity index (χ2n) is 5.55. The molecule has 7 heteroatoms. The van der Waals surface area contributed by atoms with Crippen LogP contribution in [0.2, 0.25) is 5.02 Å². The van der Waals surface area contributed by atoms with E-state index >= 15 is 0 Å². The Kier molecular flexibility index (Phi) is 4.95. The minimum absolute atomic E-state index is 0.678. The summed E-state index contributed by atoms with van der Waals surface area (Å²) < 4.78 is 7.24. The van der Waals surface area contributed by atoms with E-state index in [9.17, 15) is 0 Å². The number of hydrogen-bond donors (Lipinski definition) is 1. The molecule has 0 aliphatic rings. The van der Waals surface area contributed by atoms with Gasteiger partial charge in [0.25, 0.3) is 0 Å². The van der Waals surface area contributed by atoms with Crippen molar-refractivity contribution in [2.75, 3.05) is 20.8 Å². The Hall–Kier alpha value is -1.89. The SMILES string of the molecule is COCCn1ccnc1CN(C)Cc1nc2ccc(Cl)cc2[nH]1. The number of rotatable bonds is 7. The number of H-pyrrole nitrogens is 1. The summed E-state index contributed by atoms with van der Waals surface area (Å²) >= 11 is 6.01. The second-order valence-corrected chi connectivity index (χ2v) is 5.98. The fraction of sp³-hybridized carbons (Fsp3) is 0.375. The molecule has 0 aliphatic heterocycles. The molecule has 0 radical (unpaired) electrons. The van der Waals surface area contributed by atoms with Gasteiger partial charge in [-0.3, -0.25) is 4.90 Å². The van der Waals surface area contributed by atoms with Gasteiger partial charge in [0, 0.05) is 31.1 Å². The molecular formula is C16H20ClN5O. The summed E-state index contributed by atoms with van der Waals surface area (Å²) in [6.07, 6.45) is 3.80. The number of ether oxygens (including phenoxy) is 1. The van der Waals surface area contributed by atoms with Gasteiger partial charge in [0.1, 0.15) is 11.6 Å². The summed E-state index contributed by atoms with van der Waals surface area (Å²) in [6, 6.07) is 5.67. The summed E-state index contributed by atoms with van der Waals surface area (Å²) in [5.41, 5.74) is 1.89. The molecule has 1 aromatic carbocycles. The van der Waals surface area contributed by atoms with Gasteiger partial charge in [-0.25, -0.2) is 9.97 Å². The highest BCUT2D eigenvalue weighted by Crippen LogP contribution is 2.17. The van der Waals surface area contributed by atoms with Crippen LogP contribution in [0.5, 0.6) is 0 Å². The molecule has 0 amide bonds. The molecule has 2 aromatic heterocycles. The highest BCUT2D eigenvalue weighted by atomic mass is 35.5. The van der Waals surface area contributed by atoms with E-state index in [0.29, 0.717) is 18.2 Å². The van der Waals surface area contributed by atoms with E-state index < -0.39 is 0 Å². The Balaban J connectivity index is 1.66. The zero-order valence-corrected chi connectivity index (χ0v) is 14.0. The van der Waals surface area contributed by atoms with Crippen LogP contribution in [0.25, 0.3) is 11.0 Å². The lowest BCUT2D eigenvalue weighted by Gasteiger charge is -2.16. The number of halogens is 1. The number of methoxy groups -OCH3 is 1. The van der Waals surface area contributed by atoms with Crippen LogP contribution < -0.4 is 0 Å². The van der Waals surface area contributed by atoms with Gasteiger partial charge < -0.3 is 14.3 Å². The highest BCUT2D eigenvalue weighted by molar-refractivity contribution is 6.31. The Morgan fingerprint density at radius 1 is 1.35 bits per heavy atom. The van der Waals surface area contributed by atoms with Crippen LogP contribution in [0.3, 0.4) is 0 Å². The molecule has 0 fully saturated rings. The van der Waals surface area contributed by atoms with Gasteiger partial charge in [-0.1, -0.05) is 11.6 Å². The van der Waals surface area contributed by atoms with Gasteiger partial charge >= 0.3 is 0 Å². The first kappa shape index (κ1) is 16.0. The van der Waals surface area contributed by atoms with Crippen LogP contribution in [0, 0.1) is 0 Å². The maximum Gasteiger partial charge on any atom is 0.122 e. The van der Waals surface area contributed by atoms with E-state index in [1.54, 1.807) is 7.11 Å². The molecule has 122 valence electrons. The number of imidazole rings is 2. The summed E-state index contributed by atoms with van der Waals surface area (Å²) in [7, 11) is 3.76. The zero-order valence-electron chi connectivity index (χ0n) is 13.3. The Bertz CT molecular complexity index is 782. The molecule has 23 heavy (non-hydrogen) atoms. The van der Waals surface area contributed by atoms with E-state index in [-0.39, 0.29) is 0 Å². The Labute approximate surface area is 140 Å². The number of aromatic amines is 1. The van der Waals surface area contributed by atoms with Crippen molar-refractivity contribution >= 4 is 22.6 Å². The fourth-order valence-electron chi connectivity index (χ4n) is 2.55. The molecule has 0 atom stereocenters. The summed E-state index contributed by atoms with van der Waals surface area (Å²) in [5.74, 6) is 1.93. The summed E-state index contributed by atoms with van der Waals surface area (Å²) in [4.78, 5) is 14.5. The van der Waals surface area contributed by atoms with Gasteiger partial charge in [-0.2, -0.15) is 0 Å². The predicted octanol–water partition coefficient (Wildman–Crippen LogP) is 2.69. The highest BCUT2D eigenvalue weighted by Gasteiger charge is 2.10. The third-order valence-electron chi connectivity index (χ3n) is 3.66. The largest absolute Gasteiger partial charge is 0.383 e. The van der Waals surface area contributed by atoms with Crippen molar-refractivity contribution in [3.8, 4) is 0 Å². The molecule has 0 bridgehead atoms. The van der Waals surface area contributed by atoms with Gasteiger partial charge in [-0.05, 0) is 25.2 Å². The smallest absolute Gasteiger partial charge is 0.122 e. The van der Waals surface area contributed by atoms with Gasteiger partial charge in [0.2, 0.25) is 0 Å². The van der Waals surface area contributed by atoms with Gasteiger partial charge in [0.15, 0.2) is 0 Å². The number of hydrogen-bond acceptors (Lipinski definition) is 4. The molecule has 0 unspecified atom stereocenters. The van der Waals surface area contributed by atoms with E-state index in [1.807, 2.05) is 30.6 Å². The van der Waals surface area contributed by atoms with Crippen LogP contribution in [-0.4, -0.2) is 45.2 Å². The van der Waals surface area contributed by atoms with Crippen LogP contribution in [-0.2, 0) is 24.4 Å². The molecule has 0 saturated carbocycles. The van der Waals surface area contributed by atoms with Crippen molar-refractivity contribution in [3.63, 3.8) is 0 Å². The van der Waals surface area contributed by atoms with Crippen LogP contribution in [0.15, 0.2) is 30.6 Å². The van der Waals surface area contributed by atoms with Crippen molar-refractivity contribution in [1.82, 2.24) is 24.4 Å². The fourth-order valence-corrected chi connectivity index (χ4v) is 2.72. The number of nitrogens with one attached hydrogen (secondary N) is 1. The third-order valence-corrected chi connectivity index (χ3v) is 3.90. The van der Waals surface area contributed by atoms with Crippen molar-refractivity contribution in [2.24, 2.45) is 0 Å². The lowest BCUT2D eigenvalue weighted by atomic mass is 10.3. The Morgan fingerprint density at radius 2 is 2.22 bits per heavy atom. The monoisotopic (exact) mass is 333 g/mol. The minimum atomic E-state index is 0.678. The molecule has 2 heterocycles.